The van der Waals surface area contributed by atoms with Gasteiger partial charge in [0.2, 0.25) is 0 Å². The van der Waals surface area contributed by atoms with E-state index in [0.717, 1.165) is 23.7 Å². The maximum Gasteiger partial charge on any atom is 0.116 e. The fourth-order valence-electron chi connectivity index (χ4n) is 2.98. The zero-order valence-corrected chi connectivity index (χ0v) is 11.0. The summed E-state index contributed by atoms with van der Waals surface area (Å²) in [6.45, 7) is 0. The van der Waals surface area contributed by atoms with Crippen molar-refractivity contribution < 1.29 is 5.11 Å². The van der Waals surface area contributed by atoms with Gasteiger partial charge in [0.1, 0.15) is 5.75 Å². The molecule has 3 nitrogen and oxygen atoms in total. The SMILES string of the molecule is Cl.NC1CCCCC1c1c[nH]c2ccc(O)cc12. The maximum absolute atomic E-state index is 9.59. The summed E-state index contributed by atoms with van der Waals surface area (Å²) < 4.78 is 0. The molecule has 0 amide bonds. The maximum atomic E-state index is 9.59. The molecule has 2 unspecified atom stereocenters. The van der Waals surface area contributed by atoms with Crippen molar-refractivity contribution in [2.24, 2.45) is 5.73 Å². The van der Waals surface area contributed by atoms with E-state index in [1.807, 2.05) is 12.1 Å². The number of phenols is 1. The number of hydrogen-bond donors (Lipinski definition) is 3. The first kappa shape index (κ1) is 13.2. The number of aromatic hydroxyl groups is 1. The summed E-state index contributed by atoms with van der Waals surface area (Å²) >= 11 is 0. The topological polar surface area (TPSA) is 62.0 Å². The highest BCUT2D eigenvalue weighted by atomic mass is 35.5. The minimum absolute atomic E-state index is 0. The number of halogens is 1. The standard InChI is InChI=1S/C14H18N2O.ClH/c15-13-4-2-1-3-10(13)12-8-16-14-6-5-9(17)7-11(12)14;/h5-8,10,13,16-17H,1-4,15H2;1H. The molecule has 1 heterocycles. The van der Waals surface area contributed by atoms with Crippen molar-refractivity contribution in [3.05, 3.63) is 30.0 Å². The first-order chi connectivity index (χ1) is 8.25. The van der Waals surface area contributed by atoms with Crippen LogP contribution in [0.1, 0.15) is 37.2 Å². The summed E-state index contributed by atoms with van der Waals surface area (Å²) in [5.41, 5.74) is 8.57. The Morgan fingerprint density at radius 2 is 2.00 bits per heavy atom. The van der Waals surface area contributed by atoms with Crippen molar-refractivity contribution in [1.82, 2.24) is 4.98 Å². The molecule has 1 aromatic carbocycles. The summed E-state index contributed by atoms with van der Waals surface area (Å²) in [6, 6.07) is 5.72. The smallest absolute Gasteiger partial charge is 0.116 e. The lowest BCUT2D eigenvalue weighted by Gasteiger charge is -2.28. The first-order valence-electron chi connectivity index (χ1n) is 6.31. The number of nitrogens with one attached hydrogen (secondary N) is 1. The predicted octanol–water partition coefficient (Wildman–Crippen LogP) is 3.28. The Kier molecular flexibility index (Phi) is 3.83. The van der Waals surface area contributed by atoms with Crippen molar-refractivity contribution >= 4 is 23.3 Å². The minimum Gasteiger partial charge on any atom is -0.508 e. The van der Waals surface area contributed by atoms with Gasteiger partial charge in [-0.05, 0) is 36.6 Å². The third-order valence-electron chi connectivity index (χ3n) is 3.92. The molecule has 0 spiro atoms. The molecule has 18 heavy (non-hydrogen) atoms. The average molecular weight is 267 g/mol. The fraction of sp³-hybridized carbons (Fsp3) is 0.429. The predicted molar refractivity (Wildman–Crippen MR) is 76.4 cm³/mol. The van der Waals surface area contributed by atoms with Crippen molar-refractivity contribution in [2.75, 3.05) is 0 Å². The van der Waals surface area contributed by atoms with Gasteiger partial charge in [0.25, 0.3) is 0 Å². The van der Waals surface area contributed by atoms with Gasteiger partial charge in [-0.15, -0.1) is 12.4 Å². The molecule has 1 aliphatic rings. The third-order valence-corrected chi connectivity index (χ3v) is 3.92. The van der Waals surface area contributed by atoms with Gasteiger partial charge in [-0.2, -0.15) is 0 Å². The molecule has 0 saturated heterocycles. The average Bonchev–Trinajstić information content (AvgIpc) is 2.72. The van der Waals surface area contributed by atoms with E-state index in [2.05, 4.69) is 11.2 Å². The van der Waals surface area contributed by atoms with E-state index < -0.39 is 0 Å². The number of nitrogens with two attached hydrogens (primary N) is 1. The Morgan fingerprint density at radius 1 is 1.22 bits per heavy atom. The van der Waals surface area contributed by atoms with Crippen LogP contribution in [0.2, 0.25) is 0 Å². The highest BCUT2D eigenvalue weighted by molar-refractivity contribution is 5.85. The molecule has 4 N–H and O–H groups in total. The van der Waals surface area contributed by atoms with E-state index in [1.54, 1.807) is 6.07 Å². The molecule has 1 aliphatic carbocycles. The van der Waals surface area contributed by atoms with Gasteiger partial charge in [0.05, 0.1) is 0 Å². The number of rotatable bonds is 1. The van der Waals surface area contributed by atoms with Gasteiger partial charge in [-0.3, -0.25) is 0 Å². The first-order valence-corrected chi connectivity index (χ1v) is 6.31. The molecule has 1 fully saturated rings. The summed E-state index contributed by atoms with van der Waals surface area (Å²) in [7, 11) is 0. The second kappa shape index (κ2) is 5.21. The van der Waals surface area contributed by atoms with Gasteiger partial charge in [0, 0.05) is 29.1 Å². The lowest BCUT2D eigenvalue weighted by molar-refractivity contribution is 0.387. The minimum atomic E-state index is 0. The van der Waals surface area contributed by atoms with E-state index in [9.17, 15) is 5.11 Å². The summed E-state index contributed by atoms with van der Waals surface area (Å²) in [5.74, 6) is 0.752. The number of benzene rings is 1. The van der Waals surface area contributed by atoms with Gasteiger partial charge in [-0.25, -0.2) is 0 Å². The second-order valence-corrected chi connectivity index (χ2v) is 5.03. The molecule has 3 rings (SSSR count). The van der Waals surface area contributed by atoms with E-state index in [-0.39, 0.29) is 18.4 Å². The third kappa shape index (κ3) is 2.20. The van der Waals surface area contributed by atoms with Crippen LogP contribution in [0.3, 0.4) is 0 Å². The number of H-pyrrole nitrogens is 1. The van der Waals surface area contributed by atoms with Crippen LogP contribution in [-0.4, -0.2) is 16.1 Å². The highest BCUT2D eigenvalue weighted by Gasteiger charge is 2.25. The van der Waals surface area contributed by atoms with Crippen molar-refractivity contribution in [1.29, 1.82) is 0 Å². The van der Waals surface area contributed by atoms with Crippen LogP contribution >= 0.6 is 12.4 Å². The van der Waals surface area contributed by atoms with Crippen LogP contribution in [0, 0.1) is 0 Å². The molecule has 0 aliphatic heterocycles. The highest BCUT2D eigenvalue weighted by Crippen LogP contribution is 2.36. The Morgan fingerprint density at radius 3 is 2.78 bits per heavy atom. The fourth-order valence-corrected chi connectivity index (χ4v) is 2.98. The number of aromatic nitrogens is 1. The lowest BCUT2D eigenvalue weighted by Crippen LogP contribution is -2.31. The van der Waals surface area contributed by atoms with Crippen LogP contribution in [0.4, 0.5) is 0 Å². The largest absolute Gasteiger partial charge is 0.508 e. The zero-order chi connectivity index (χ0) is 11.8. The Bertz CT molecular complexity index is 538. The van der Waals surface area contributed by atoms with Gasteiger partial charge >= 0.3 is 0 Å². The van der Waals surface area contributed by atoms with Gasteiger partial charge in [-0.1, -0.05) is 12.8 Å². The normalized spacial score (nSPS) is 23.8. The van der Waals surface area contributed by atoms with Crippen LogP contribution < -0.4 is 5.73 Å². The Labute approximate surface area is 113 Å². The van der Waals surface area contributed by atoms with Crippen LogP contribution in [0.5, 0.6) is 5.75 Å². The molecular formula is C14H19ClN2O. The molecule has 98 valence electrons. The molecule has 1 aromatic heterocycles. The van der Waals surface area contributed by atoms with Crippen LogP contribution in [0.25, 0.3) is 10.9 Å². The van der Waals surface area contributed by atoms with Crippen LogP contribution in [-0.2, 0) is 0 Å². The van der Waals surface area contributed by atoms with Crippen LogP contribution in [0.15, 0.2) is 24.4 Å². The summed E-state index contributed by atoms with van der Waals surface area (Å²) in [6.07, 6.45) is 6.81. The number of fused-ring (bicyclic) bond motifs is 1. The number of phenolic OH excluding ortho intramolecular Hbond substituents is 1. The monoisotopic (exact) mass is 266 g/mol. The molecule has 1 saturated carbocycles. The summed E-state index contributed by atoms with van der Waals surface area (Å²) in [4.78, 5) is 3.27. The van der Waals surface area contributed by atoms with E-state index >= 15 is 0 Å². The zero-order valence-electron chi connectivity index (χ0n) is 10.2. The van der Waals surface area contributed by atoms with E-state index in [4.69, 9.17) is 5.73 Å². The quantitative estimate of drug-likeness (QED) is 0.742. The van der Waals surface area contributed by atoms with Crippen molar-refractivity contribution in [3.63, 3.8) is 0 Å². The lowest BCUT2D eigenvalue weighted by atomic mass is 9.80. The second-order valence-electron chi connectivity index (χ2n) is 5.03. The van der Waals surface area contributed by atoms with E-state index in [0.29, 0.717) is 11.7 Å². The number of aromatic amines is 1. The number of hydrogen-bond acceptors (Lipinski definition) is 2. The molecule has 0 radical (unpaired) electrons. The van der Waals surface area contributed by atoms with Crippen molar-refractivity contribution in [3.8, 4) is 5.75 Å². The Balaban J connectivity index is 0.00000120. The molecule has 2 atom stereocenters. The molecule has 4 heteroatoms. The van der Waals surface area contributed by atoms with Crippen molar-refractivity contribution in [2.45, 2.75) is 37.6 Å². The molecule has 0 bridgehead atoms. The van der Waals surface area contributed by atoms with E-state index in [1.165, 1.54) is 18.4 Å². The van der Waals surface area contributed by atoms with Gasteiger partial charge in [0.15, 0.2) is 0 Å². The molecule has 2 aromatic rings. The summed E-state index contributed by atoms with van der Waals surface area (Å²) in [5, 5.41) is 10.7. The van der Waals surface area contributed by atoms with Gasteiger partial charge < -0.3 is 15.8 Å². The molecular weight excluding hydrogens is 248 g/mol. The Hall–Kier alpha value is -1.19.